The van der Waals surface area contributed by atoms with Gasteiger partial charge in [0.05, 0.1) is 23.6 Å². The van der Waals surface area contributed by atoms with Crippen molar-refractivity contribution >= 4 is 32.8 Å². The van der Waals surface area contributed by atoms with E-state index in [2.05, 4.69) is 41.3 Å². The number of rotatable bonds is 11. The fraction of sp³-hybridized carbons (Fsp3) is 0.357. The summed E-state index contributed by atoms with van der Waals surface area (Å²) in [6.07, 6.45) is 1.67. The molecule has 1 aliphatic rings. The van der Waals surface area contributed by atoms with Crippen LogP contribution in [-0.4, -0.2) is 55.1 Å². The molecule has 1 aromatic heterocycles. The lowest BCUT2D eigenvalue weighted by molar-refractivity contribution is 0.0708. The first-order chi connectivity index (χ1) is 17.4. The van der Waals surface area contributed by atoms with Crippen LogP contribution in [0.15, 0.2) is 62.7 Å². The number of carbonyl (C=O) groups excluding carboxylic acids is 1. The van der Waals surface area contributed by atoms with Gasteiger partial charge in [0, 0.05) is 17.6 Å². The summed E-state index contributed by atoms with van der Waals surface area (Å²) in [7, 11) is 0. The lowest BCUT2D eigenvalue weighted by atomic mass is 9.98. The van der Waals surface area contributed by atoms with Crippen molar-refractivity contribution in [1.29, 1.82) is 0 Å². The van der Waals surface area contributed by atoms with E-state index in [-0.39, 0.29) is 17.1 Å². The SMILES string of the molecule is C=CCOc1ccc(C2c3c(oc4ccc(Br)cc4c3=O)C(=O)N2CCN(CC)CC)cc1OCC. The summed E-state index contributed by atoms with van der Waals surface area (Å²) in [5, 5.41) is 0.433. The molecule has 7 nitrogen and oxygen atoms in total. The summed E-state index contributed by atoms with van der Waals surface area (Å²) in [6.45, 7) is 13.4. The molecule has 2 heterocycles. The Hall–Kier alpha value is -3.10. The van der Waals surface area contributed by atoms with Gasteiger partial charge in [0.1, 0.15) is 12.2 Å². The molecular formula is C28H31BrN2O5. The Kier molecular flexibility index (Phi) is 8.16. The maximum Gasteiger partial charge on any atom is 0.290 e. The lowest BCUT2D eigenvalue weighted by Gasteiger charge is -2.28. The van der Waals surface area contributed by atoms with Gasteiger partial charge in [-0.1, -0.05) is 48.5 Å². The van der Waals surface area contributed by atoms with Crippen LogP contribution in [0.2, 0.25) is 0 Å². The quantitative estimate of drug-likeness (QED) is 0.295. The first-order valence-electron chi connectivity index (χ1n) is 12.2. The first-order valence-corrected chi connectivity index (χ1v) is 13.0. The molecule has 4 rings (SSSR count). The van der Waals surface area contributed by atoms with E-state index in [1.165, 1.54) is 0 Å². The second-order valence-electron chi connectivity index (χ2n) is 8.48. The smallest absolute Gasteiger partial charge is 0.290 e. The molecule has 1 atom stereocenters. The van der Waals surface area contributed by atoms with Gasteiger partial charge in [0.2, 0.25) is 5.76 Å². The van der Waals surface area contributed by atoms with E-state index in [9.17, 15) is 9.59 Å². The number of amides is 1. The Labute approximate surface area is 219 Å². The zero-order valence-corrected chi connectivity index (χ0v) is 22.5. The number of nitrogens with zero attached hydrogens (tertiary/aromatic N) is 2. The van der Waals surface area contributed by atoms with Crippen LogP contribution < -0.4 is 14.9 Å². The van der Waals surface area contributed by atoms with Crippen molar-refractivity contribution in [3.8, 4) is 11.5 Å². The summed E-state index contributed by atoms with van der Waals surface area (Å²) in [4.78, 5) is 31.4. The predicted octanol–water partition coefficient (Wildman–Crippen LogP) is 5.41. The predicted molar refractivity (Wildman–Crippen MR) is 144 cm³/mol. The number of halogens is 1. The second-order valence-corrected chi connectivity index (χ2v) is 9.40. The third-order valence-electron chi connectivity index (χ3n) is 6.42. The topological polar surface area (TPSA) is 72.2 Å². The summed E-state index contributed by atoms with van der Waals surface area (Å²) >= 11 is 3.44. The van der Waals surface area contributed by atoms with Crippen molar-refractivity contribution in [2.75, 3.05) is 39.4 Å². The van der Waals surface area contributed by atoms with E-state index < -0.39 is 6.04 Å². The fourth-order valence-electron chi connectivity index (χ4n) is 4.59. The van der Waals surface area contributed by atoms with Crippen molar-refractivity contribution in [3.05, 3.63) is 80.6 Å². The van der Waals surface area contributed by atoms with E-state index >= 15 is 0 Å². The van der Waals surface area contributed by atoms with Crippen LogP contribution in [0.1, 0.15) is 48.5 Å². The summed E-state index contributed by atoms with van der Waals surface area (Å²) in [5.41, 5.74) is 1.30. The van der Waals surface area contributed by atoms with Gasteiger partial charge in [-0.15, -0.1) is 0 Å². The molecule has 1 aliphatic heterocycles. The number of benzene rings is 2. The number of hydrogen-bond acceptors (Lipinski definition) is 6. The van der Waals surface area contributed by atoms with Crippen molar-refractivity contribution < 1.29 is 18.7 Å². The van der Waals surface area contributed by atoms with Crippen molar-refractivity contribution in [2.24, 2.45) is 0 Å². The number of fused-ring (bicyclic) bond motifs is 2. The van der Waals surface area contributed by atoms with E-state index in [1.807, 2.05) is 25.1 Å². The van der Waals surface area contributed by atoms with Crippen LogP contribution in [0.3, 0.4) is 0 Å². The molecule has 0 saturated heterocycles. The van der Waals surface area contributed by atoms with Crippen LogP contribution in [-0.2, 0) is 0 Å². The highest BCUT2D eigenvalue weighted by atomic mass is 79.9. The Morgan fingerprint density at radius 3 is 2.56 bits per heavy atom. The highest BCUT2D eigenvalue weighted by Crippen LogP contribution is 2.41. The van der Waals surface area contributed by atoms with E-state index in [4.69, 9.17) is 13.9 Å². The molecule has 0 spiro atoms. The highest BCUT2D eigenvalue weighted by Gasteiger charge is 2.43. The number of hydrogen-bond donors (Lipinski definition) is 0. The van der Waals surface area contributed by atoms with Gasteiger partial charge < -0.3 is 23.7 Å². The minimum absolute atomic E-state index is 0.101. The van der Waals surface area contributed by atoms with Crippen LogP contribution in [0, 0.1) is 0 Å². The highest BCUT2D eigenvalue weighted by molar-refractivity contribution is 9.10. The molecule has 0 saturated carbocycles. The van der Waals surface area contributed by atoms with E-state index in [0.717, 1.165) is 23.1 Å². The number of likely N-dealkylation sites (N-methyl/N-ethyl adjacent to an activating group) is 1. The minimum Gasteiger partial charge on any atom is -0.490 e. The van der Waals surface area contributed by atoms with Crippen LogP contribution >= 0.6 is 15.9 Å². The van der Waals surface area contributed by atoms with Gasteiger partial charge in [-0.25, -0.2) is 0 Å². The van der Waals surface area contributed by atoms with Crippen molar-refractivity contribution in [2.45, 2.75) is 26.8 Å². The number of ether oxygens (including phenoxy) is 2. The second kappa shape index (κ2) is 11.3. The van der Waals surface area contributed by atoms with Crippen LogP contribution in [0.5, 0.6) is 11.5 Å². The van der Waals surface area contributed by atoms with Gasteiger partial charge in [-0.3, -0.25) is 9.59 Å². The molecule has 0 aliphatic carbocycles. The molecular weight excluding hydrogens is 524 g/mol. The fourth-order valence-corrected chi connectivity index (χ4v) is 4.95. The van der Waals surface area contributed by atoms with Crippen LogP contribution in [0.4, 0.5) is 0 Å². The average molecular weight is 555 g/mol. The van der Waals surface area contributed by atoms with Crippen LogP contribution in [0.25, 0.3) is 11.0 Å². The zero-order valence-electron chi connectivity index (χ0n) is 20.9. The molecule has 190 valence electrons. The van der Waals surface area contributed by atoms with Gasteiger partial charge >= 0.3 is 0 Å². The minimum atomic E-state index is -0.602. The molecule has 36 heavy (non-hydrogen) atoms. The maximum atomic E-state index is 13.8. The lowest BCUT2D eigenvalue weighted by Crippen LogP contribution is -2.37. The third-order valence-corrected chi connectivity index (χ3v) is 6.91. The first kappa shape index (κ1) is 26.0. The normalized spacial score (nSPS) is 15.0. The summed E-state index contributed by atoms with van der Waals surface area (Å²) in [5.74, 6) is 0.946. The van der Waals surface area contributed by atoms with E-state index in [1.54, 1.807) is 29.2 Å². The molecule has 1 amide bonds. The Morgan fingerprint density at radius 1 is 1.08 bits per heavy atom. The maximum absolute atomic E-state index is 13.8. The van der Waals surface area contributed by atoms with Gasteiger partial charge in [-0.2, -0.15) is 0 Å². The Morgan fingerprint density at radius 2 is 1.86 bits per heavy atom. The van der Waals surface area contributed by atoms with Crippen molar-refractivity contribution in [1.82, 2.24) is 9.80 Å². The molecule has 2 aromatic carbocycles. The zero-order chi connectivity index (χ0) is 25.8. The van der Waals surface area contributed by atoms with Crippen molar-refractivity contribution in [3.63, 3.8) is 0 Å². The van der Waals surface area contributed by atoms with Gasteiger partial charge in [0.15, 0.2) is 16.9 Å². The van der Waals surface area contributed by atoms with E-state index in [0.29, 0.717) is 54.3 Å². The average Bonchev–Trinajstić information content (AvgIpc) is 3.16. The summed E-state index contributed by atoms with van der Waals surface area (Å²) < 4.78 is 18.4. The molecule has 3 aromatic rings. The van der Waals surface area contributed by atoms with Gasteiger partial charge in [0.25, 0.3) is 5.91 Å². The number of carbonyl (C=O) groups is 1. The molecule has 0 radical (unpaired) electrons. The molecule has 8 heteroatoms. The van der Waals surface area contributed by atoms with Gasteiger partial charge in [-0.05, 0) is 55.9 Å². The molecule has 0 fully saturated rings. The Bertz CT molecular complexity index is 1330. The Balaban J connectivity index is 1.87. The largest absolute Gasteiger partial charge is 0.490 e. The third kappa shape index (κ3) is 4.92. The molecule has 1 unspecified atom stereocenters. The monoisotopic (exact) mass is 554 g/mol. The standard InChI is InChI=1S/C28H31BrN2O5/c1-5-15-35-22-11-9-18(16-23(22)34-8-4)25-24-26(32)20-17-19(29)10-12-21(20)36-27(24)28(33)31(25)14-13-30(6-2)7-3/h5,9-12,16-17,25H,1,6-8,13-15H2,2-4H3. The molecule has 0 N–H and O–H groups in total. The molecule has 0 bridgehead atoms. The summed E-state index contributed by atoms with van der Waals surface area (Å²) in [6, 6.07) is 10.2.